The highest BCUT2D eigenvalue weighted by atomic mass is 32.2. The van der Waals surface area contributed by atoms with Gasteiger partial charge in [0.1, 0.15) is 0 Å². The van der Waals surface area contributed by atoms with Crippen LogP contribution in [0, 0.1) is 0 Å². The van der Waals surface area contributed by atoms with Crippen molar-refractivity contribution >= 4 is 15.7 Å². The highest BCUT2D eigenvalue weighted by molar-refractivity contribution is 7.92. The van der Waals surface area contributed by atoms with Gasteiger partial charge in [-0.1, -0.05) is 38.1 Å². The number of para-hydroxylation sites is 1. The molecule has 2 aromatic rings. The summed E-state index contributed by atoms with van der Waals surface area (Å²) in [5.41, 5.74) is 1.47. The van der Waals surface area contributed by atoms with Crippen molar-refractivity contribution in [2.45, 2.75) is 31.5 Å². The van der Waals surface area contributed by atoms with E-state index in [1.165, 1.54) is 6.07 Å². The van der Waals surface area contributed by atoms with Crippen LogP contribution in [0.5, 0.6) is 0 Å². The number of nitrogens with one attached hydrogen (secondary N) is 2. The van der Waals surface area contributed by atoms with Crippen LogP contribution >= 0.6 is 0 Å². The molecule has 0 fully saturated rings. The first-order valence-electron chi connectivity index (χ1n) is 6.73. The van der Waals surface area contributed by atoms with Gasteiger partial charge < -0.3 is 5.32 Å². The van der Waals surface area contributed by atoms with Crippen LogP contribution in [0.25, 0.3) is 0 Å². The molecule has 0 unspecified atom stereocenters. The lowest BCUT2D eigenvalue weighted by molar-refractivity contribution is 0.585. The normalized spacial score (nSPS) is 11.6. The molecule has 0 saturated heterocycles. The van der Waals surface area contributed by atoms with Crippen molar-refractivity contribution in [2.75, 3.05) is 4.72 Å². The van der Waals surface area contributed by atoms with Crippen LogP contribution in [0.1, 0.15) is 19.4 Å². The maximum Gasteiger partial charge on any atom is 0.279 e. The molecule has 0 bridgehead atoms. The smallest absolute Gasteiger partial charge is 0.279 e. The summed E-state index contributed by atoms with van der Waals surface area (Å²) in [5.74, 6) is 0. The lowest BCUT2D eigenvalue weighted by Crippen LogP contribution is -2.22. The monoisotopic (exact) mass is 305 g/mol. The minimum Gasteiger partial charge on any atom is -0.310 e. The number of benzene rings is 1. The molecule has 0 saturated carbocycles. The second-order valence-electron chi connectivity index (χ2n) is 5.01. The number of aromatic nitrogens is 1. The quantitative estimate of drug-likeness (QED) is 0.859. The van der Waals surface area contributed by atoms with Crippen LogP contribution < -0.4 is 10.0 Å². The van der Waals surface area contributed by atoms with Gasteiger partial charge in [-0.2, -0.15) is 8.42 Å². The maximum absolute atomic E-state index is 12.2. The fourth-order valence-corrected chi connectivity index (χ4v) is 2.70. The minimum atomic E-state index is -3.64. The van der Waals surface area contributed by atoms with Crippen molar-refractivity contribution in [3.8, 4) is 0 Å². The number of pyridine rings is 1. The Bertz CT molecular complexity index is 668. The Labute approximate surface area is 125 Å². The number of hydrogen-bond donors (Lipinski definition) is 2. The van der Waals surface area contributed by atoms with Crippen LogP contribution in [0.2, 0.25) is 0 Å². The fraction of sp³-hybridized carbons (Fsp3) is 0.267. The van der Waals surface area contributed by atoms with Gasteiger partial charge in [0.05, 0.1) is 0 Å². The molecule has 1 heterocycles. The molecule has 2 N–H and O–H groups in total. The summed E-state index contributed by atoms with van der Waals surface area (Å²) in [6.45, 7) is 4.77. The number of anilines is 1. The van der Waals surface area contributed by atoms with Gasteiger partial charge in [-0.05, 0) is 23.8 Å². The number of hydrogen-bond acceptors (Lipinski definition) is 4. The van der Waals surface area contributed by atoms with Crippen molar-refractivity contribution in [3.63, 3.8) is 0 Å². The molecule has 0 aliphatic heterocycles. The second-order valence-corrected chi connectivity index (χ2v) is 6.64. The molecule has 112 valence electrons. The first kappa shape index (κ1) is 15.5. The summed E-state index contributed by atoms with van der Waals surface area (Å²) in [6, 6.07) is 12.4. The summed E-state index contributed by atoms with van der Waals surface area (Å²) in [4.78, 5) is 4.03. The summed E-state index contributed by atoms with van der Waals surface area (Å²) >= 11 is 0. The molecule has 0 amide bonds. The summed E-state index contributed by atoms with van der Waals surface area (Å²) in [7, 11) is -3.64. The molecule has 1 aromatic carbocycles. The first-order valence-corrected chi connectivity index (χ1v) is 8.22. The Kier molecular flexibility index (Phi) is 4.93. The molecule has 0 radical (unpaired) electrons. The average molecular weight is 305 g/mol. The van der Waals surface area contributed by atoms with Gasteiger partial charge in [0, 0.05) is 24.5 Å². The average Bonchev–Trinajstić information content (AvgIpc) is 2.46. The van der Waals surface area contributed by atoms with Gasteiger partial charge in [0.2, 0.25) is 0 Å². The molecular weight excluding hydrogens is 286 g/mol. The third-order valence-electron chi connectivity index (χ3n) is 2.81. The molecule has 0 spiro atoms. The van der Waals surface area contributed by atoms with Crippen LogP contribution in [0.3, 0.4) is 0 Å². The molecular formula is C15H19N3O2S. The Hall–Kier alpha value is -1.92. The van der Waals surface area contributed by atoms with E-state index in [1.54, 1.807) is 36.5 Å². The number of rotatable bonds is 6. The fourth-order valence-electron chi connectivity index (χ4n) is 1.71. The molecule has 1 aromatic heterocycles. The summed E-state index contributed by atoms with van der Waals surface area (Å²) in [5, 5.41) is 3.27. The molecule has 21 heavy (non-hydrogen) atoms. The van der Waals surface area contributed by atoms with Crippen LogP contribution in [0.4, 0.5) is 5.69 Å². The van der Waals surface area contributed by atoms with Gasteiger partial charge in [0.25, 0.3) is 10.0 Å². The van der Waals surface area contributed by atoms with E-state index in [0.29, 0.717) is 18.3 Å². The Morgan fingerprint density at radius 2 is 1.81 bits per heavy atom. The maximum atomic E-state index is 12.2. The van der Waals surface area contributed by atoms with E-state index in [0.717, 1.165) is 5.56 Å². The van der Waals surface area contributed by atoms with Crippen LogP contribution in [0.15, 0.2) is 53.7 Å². The van der Waals surface area contributed by atoms with Gasteiger partial charge in [-0.3, -0.25) is 4.72 Å². The lowest BCUT2D eigenvalue weighted by Gasteiger charge is -2.09. The Morgan fingerprint density at radius 1 is 1.10 bits per heavy atom. The zero-order chi connectivity index (χ0) is 15.3. The summed E-state index contributed by atoms with van der Waals surface area (Å²) < 4.78 is 26.9. The van der Waals surface area contributed by atoms with E-state index in [-0.39, 0.29) is 5.03 Å². The number of nitrogens with zero attached hydrogens (tertiary/aromatic N) is 1. The zero-order valence-corrected chi connectivity index (χ0v) is 12.9. The highest BCUT2D eigenvalue weighted by Gasteiger charge is 2.15. The Morgan fingerprint density at radius 3 is 2.38 bits per heavy atom. The largest absolute Gasteiger partial charge is 0.310 e. The highest BCUT2D eigenvalue weighted by Crippen LogP contribution is 2.14. The van der Waals surface area contributed by atoms with Crippen molar-refractivity contribution < 1.29 is 8.42 Å². The van der Waals surface area contributed by atoms with Crippen molar-refractivity contribution in [1.82, 2.24) is 10.3 Å². The van der Waals surface area contributed by atoms with Crippen LogP contribution in [-0.4, -0.2) is 19.4 Å². The predicted molar refractivity (Wildman–Crippen MR) is 83.5 cm³/mol. The molecule has 0 atom stereocenters. The molecule has 5 nitrogen and oxygen atoms in total. The van der Waals surface area contributed by atoms with Gasteiger partial charge in [0.15, 0.2) is 5.03 Å². The van der Waals surface area contributed by atoms with E-state index < -0.39 is 10.0 Å². The molecule has 6 heteroatoms. The minimum absolute atomic E-state index is 0.0136. The Balaban J connectivity index is 2.10. The van der Waals surface area contributed by atoms with E-state index in [2.05, 4.69) is 28.9 Å². The summed E-state index contributed by atoms with van der Waals surface area (Å²) in [6.07, 6.45) is 1.58. The van der Waals surface area contributed by atoms with E-state index in [1.807, 2.05) is 6.07 Å². The second kappa shape index (κ2) is 6.69. The topological polar surface area (TPSA) is 71.1 Å². The predicted octanol–water partition coefficient (Wildman–Crippen LogP) is 2.38. The van der Waals surface area contributed by atoms with Crippen molar-refractivity contribution in [1.29, 1.82) is 0 Å². The molecule has 0 aliphatic carbocycles. The van der Waals surface area contributed by atoms with E-state index in [4.69, 9.17) is 0 Å². The van der Waals surface area contributed by atoms with E-state index >= 15 is 0 Å². The van der Waals surface area contributed by atoms with Gasteiger partial charge >= 0.3 is 0 Å². The SMILES string of the molecule is CC(C)NCc1ccc(S(=O)(=O)Nc2ccccc2)nc1. The molecule has 0 aliphatic rings. The third kappa shape index (κ3) is 4.54. The van der Waals surface area contributed by atoms with E-state index in [9.17, 15) is 8.42 Å². The third-order valence-corrected chi connectivity index (χ3v) is 4.11. The van der Waals surface area contributed by atoms with Crippen molar-refractivity contribution in [2.24, 2.45) is 0 Å². The standard InChI is InChI=1S/C15H19N3O2S/c1-12(2)16-10-13-8-9-15(17-11-13)21(19,20)18-14-6-4-3-5-7-14/h3-9,11-12,16,18H,10H2,1-2H3. The van der Waals surface area contributed by atoms with Gasteiger partial charge in [-0.25, -0.2) is 4.98 Å². The molecule has 2 rings (SSSR count). The number of sulfonamides is 1. The van der Waals surface area contributed by atoms with Crippen LogP contribution in [-0.2, 0) is 16.6 Å². The van der Waals surface area contributed by atoms with Gasteiger partial charge in [-0.15, -0.1) is 0 Å². The lowest BCUT2D eigenvalue weighted by atomic mass is 10.2. The zero-order valence-electron chi connectivity index (χ0n) is 12.1. The van der Waals surface area contributed by atoms with Crippen molar-refractivity contribution in [3.05, 3.63) is 54.2 Å². The first-order chi connectivity index (χ1) is 9.97.